The van der Waals surface area contributed by atoms with Gasteiger partial charge in [-0.1, -0.05) is 23.2 Å². The monoisotopic (exact) mass is 323 g/mol. The second kappa shape index (κ2) is 6.56. The first-order valence-corrected chi connectivity index (χ1v) is 6.67. The van der Waals surface area contributed by atoms with Crippen molar-refractivity contribution in [3.63, 3.8) is 0 Å². The van der Waals surface area contributed by atoms with Crippen LogP contribution in [0.3, 0.4) is 0 Å². The van der Waals surface area contributed by atoms with Crippen molar-refractivity contribution in [2.24, 2.45) is 5.10 Å². The summed E-state index contributed by atoms with van der Waals surface area (Å²) in [5.74, 6) is -0.426. The van der Waals surface area contributed by atoms with Crippen LogP contribution in [0, 0.1) is 0 Å². The molecule has 7 heteroatoms. The molecular weight excluding hydrogens is 313 g/mol. The van der Waals surface area contributed by atoms with Gasteiger partial charge < -0.3 is 5.11 Å². The summed E-state index contributed by atoms with van der Waals surface area (Å²) in [5.41, 5.74) is 3.51. The van der Waals surface area contributed by atoms with E-state index >= 15 is 0 Å². The van der Waals surface area contributed by atoms with Gasteiger partial charge in [0.1, 0.15) is 5.75 Å². The Kier molecular flexibility index (Phi) is 4.77. The molecule has 0 aliphatic rings. The highest BCUT2D eigenvalue weighted by molar-refractivity contribution is 6.31. The van der Waals surface area contributed by atoms with Crippen molar-refractivity contribution >= 4 is 34.8 Å². The number of aromatic nitrogens is 1. The molecule has 2 N–H and O–H groups in total. The first kappa shape index (κ1) is 15.3. The molecule has 2 aromatic rings. The van der Waals surface area contributed by atoms with Crippen LogP contribution in [0.5, 0.6) is 5.75 Å². The molecule has 21 heavy (non-hydrogen) atoms. The number of phenols is 1. The Hall–Kier alpha value is -2.11. The minimum absolute atomic E-state index is 0.0271. The summed E-state index contributed by atoms with van der Waals surface area (Å²) in [4.78, 5) is 15.7. The Morgan fingerprint density at radius 3 is 2.71 bits per heavy atom. The Bertz CT molecular complexity index is 717. The van der Waals surface area contributed by atoms with Crippen LogP contribution in [0.1, 0.15) is 22.8 Å². The van der Waals surface area contributed by atoms with Crippen molar-refractivity contribution in [2.45, 2.75) is 6.92 Å². The lowest BCUT2D eigenvalue weighted by Crippen LogP contribution is -2.19. The average molecular weight is 324 g/mol. The van der Waals surface area contributed by atoms with Crippen LogP contribution in [0.15, 0.2) is 41.8 Å². The van der Waals surface area contributed by atoms with Gasteiger partial charge in [-0.15, -0.1) is 0 Å². The molecule has 0 unspecified atom stereocenters. The number of carbonyl (C=O) groups is 1. The predicted octanol–water partition coefficient (Wildman–Crippen LogP) is 3.25. The number of phenolic OH excluding ortho intramolecular Hbond substituents is 1. The van der Waals surface area contributed by atoms with Crippen LogP contribution in [-0.4, -0.2) is 21.7 Å². The fraction of sp³-hybridized carbons (Fsp3) is 0.0714. The molecule has 2 rings (SSSR count). The van der Waals surface area contributed by atoms with E-state index in [4.69, 9.17) is 23.2 Å². The molecule has 1 heterocycles. The molecule has 0 fully saturated rings. The maximum Gasteiger partial charge on any atom is 0.272 e. The standard InChI is InChI=1S/C14H11Cl2N3O2/c1-8(12-5-10(15)2-3-13(12)20)18-19-14(21)9-4-11(16)7-17-6-9/h2-7,20H,1H3,(H,19,21)/b18-8-. The number of pyridine rings is 1. The molecule has 0 atom stereocenters. The van der Waals surface area contributed by atoms with Crippen LogP contribution in [0.25, 0.3) is 0 Å². The molecule has 0 spiro atoms. The quantitative estimate of drug-likeness (QED) is 0.672. The van der Waals surface area contributed by atoms with Crippen molar-refractivity contribution in [1.82, 2.24) is 10.4 Å². The number of nitrogens with zero attached hydrogens (tertiary/aromatic N) is 2. The topological polar surface area (TPSA) is 74.6 Å². The number of aromatic hydroxyl groups is 1. The number of hydrogen-bond acceptors (Lipinski definition) is 4. The molecule has 1 amide bonds. The summed E-state index contributed by atoms with van der Waals surface area (Å²) in [7, 11) is 0. The Morgan fingerprint density at radius 1 is 1.24 bits per heavy atom. The zero-order valence-corrected chi connectivity index (χ0v) is 12.5. The summed E-state index contributed by atoms with van der Waals surface area (Å²) in [6, 6.07) is 6.05. The maximum atomic E-state index is 11.9. The molecule has 0 saturated heterocycles. The van der Waals surface area contributed by atoms with Gasteiger partial charge in [-0.25, -0.2) is 5.43 Å². The zero-order valence-electron chi connectivity index (χ0n) is 11.0. The lowest BCUT2D eigenvalue weighted by Gasteiger charge is -2.05. The molecule has 0 radical (unpaired) electrons. The van der Waals surface area contributed by atoms with E-state index in [9.17, 15) is 9.90 Å². The van der Waals surface area contributed by atoms with E-state index < -0.39 is 5.91 Å². The third kappa shape index (κ3) is 3.93. The third-order valence-electron chi connectivity index (χ3n) is 2.64. The molecule has 0 aliphatic carbocycles. The Morgan fingerprint density at radius 2 is 2.00 bits per heavy atom. The molecule has 0 bridgehead atoms. The van der Waals surface area contributed by atoms with E-state index in [1.54, 1.807) is 19.1 Å². The van der Waals surface area contributed by atoms with Crippen LogP contribution >= 0.6 is 23.2 Å². The SMILES string of the molecule is C/C(=N/NC(=O)c1cncc(Cl)c1)c1cc(Cl)ccc1O. The smallest absolute Gasteiger partial charge is 0.272 e. The number of nitrogens with one attached hydrogen (secondary N) is 1. The van der Waals surface area contributed by atoms with Crippen molar-refractivity contribution in [3.8, 4) is 5.75 Å². The van der Waals surface area contributed by atoms with Gasteiger partial charge in [0.15, 0.2) is 0 Å². The molecule has 5 nitrogen and oxygen atoms in total. The summed E-state index contributed by atoms with van der Waals surface area (Å²) >= 11 is 11.6. The Balaban J connectivity index is 2.17. The molecule has 0 aliphatic heterocycles. The van der Waals surface area contributed by atoms with Crippen LogP contribution in [-0.2, 0) is 0 Å². The molecule has 108 valence electrons. The third-order valence-corrected chi connectivity index (χ3v) is 3.08. The highest BCUT2D eigenvalue weighted by atomic mass is 35.5. The van der Waals surface area contributed by atoms with Gasteiger partial charge in [-0.05, 0) is 31.2 Å². The second-order valence-corrected chi connectivity index (χ2v) is 5.06. The fourth-order valence-corrected chi connectivity index (χ4v) is 1.94. The minimum Gasteiger partial charge on any atom is -0.507 e. The molecule has 1 aromatic carbocycles. The lowest BCUT2D eigenvalue weighted by atomic mass is 10.1. The van der Waals surface area contributed by atoms with Crippen molar-refractivity contribution in [1.29, 1.82) is 0 Å². The van der Waals surface area contributed by atoms with Crippen LogP contribution in [0.4, 0.5) is 0 Å². The number of hydrazone groups is 1. The van der Waals surface area contributed by atoms with E-state index in [-0.39, 0.29) is 11.3 Å². The highest BCUT2D eigenvalue weighted by Crippen LogP contribution is 2.22. The number of hydrogen-bond donors (Lipinski definition) is 2. The van der Waals surface area contributed by atoms with E-state index in [1.807, 2.05) is 0 Å². The van der Waals surface area contributed by atoms with E-state index in [0.717, 1.165) is 0 Å². The molecular formula is C14H11Cl2N3O2. The van der Waals surface area contributed by atoms with Gasteiger partial charge in [0.25, 0.3) is 5.91 Å². The average Bonchev–Trinajstić information content (AvgIpc) is 2.47. The van der Waals surface area contributed by atoms with E-state index in [2.05, 4.69) is 15.5 Å². The van der Waals surface area contributed by atoms with Crippen molar-refractivity contribution < 1.29 is 9.90 Å². The fourth-order valence-electron chi connectivity index (χ4n) is 1.59. The number of benzene rings is 1. The normalized spacial score (nSPS) is 11.3. The van der Waals surface area contributed by atoms with E-state index in [0.29, 0.717) is 21.3 Å². The predicted molar refractivity (Wildman–Crippen MR) is 82.0 cm³/mol. The van der Waals surface area contributed by atoms with Crippen molar-refractivity contribution in [2.75, 3.05) is 0 Å². The van der Waals surface area contributed by atoms with Crippen LogP contribution in [0.2, 0.25) is 10.0 Å². The zero-order chi connectivity index (χ0) is 15.4. The largest absolute Gasteiger partial charge is 0.507 e. The van der Waals surface area contributed by atoms with Gasteiger partial charge in [0, 0.05) is 23.0 Å². The summed E-state index contributed by atoms with van der Waals surface area (Å²) in [5, 5.41) is 14.5. The summed E-state index contributed by atoms with van der Waals surface area (Å²) in [6.45, 7) is 1.64. The first-order chi connectivity index (χ1) is 9.97. The molecule has 0 saturated carbocycles. The van der Waals surface area contributed by atoms with Gasteiger partial charge in [-0.3, -0.25) is 9.78 Å². The minimum atomic E-state index is -0.453. The van der Waals surface area contributed by atoms with Gasteiger partial charge in [-0.2, -0.15) is 5.10 Å². The van der Waals surface area contributed by atoms with Gasteiger partial charge in [0.05, 0.1) is 16.3 Å². The second-order valence-electron chi connectivity index (χ2n) is 4.19. The highest BCUT2D eigenvalue weighted by Gasteiger charge is 2.08. The number of halogens is 2. The number of carbonyl (C=O) groups excluding carboxylic acids is 1. The number of amides is 1. The van der Waals surface area contributed by atoms with Crippen molar-refractivity contribution in [3.05, 3.63) is 57.8 Å². The van der Waals surface area contributed by atoms with E-state index in [1.165, 1.54) is 24.5 Å². The van der Waals surface area contributed by atoms with Crippen LogP contribution < -0.4 is 5.43 Å². The molecule has 1 aromatic heterocycles. The number of rotatable bonds is 3. The summed E-state index contributed by atoms with van der Waals surface area (Å²) < 4.78 is 0. The van der Waals surface area contributed by atoms with Gasteiger partial charge >= 0.3 is 0 Å². The first-order valence-electron chi connectivity index (χ1n) is 5.91. The maximum absolute atomic E-state index is 11.9. The van der Waals surface area contributed by atoms with Gasteiger partial charge in [0.2, 0.25) is 0 Å². The Labute approximate surface area is 131 Å². The lowest BCUT2D eigenvalue weighted by molar-refractivity contribution is 0.0954. The summed E-state index contributed by atoms with van der Waals surface area (Å²) in [6.07, 6.45) is 2.81.